The molecule has 14 heteroatoms. The summed E-state index contributed by atoms with van der Waals surface area (Å²) in [7, 11) is 0. The minimum absolute atomic E-state index is 1.03. The van der Waals surface area contributed by atoms with Gasteiger partial charge in [-0.15, -0.1) is 0 Å². The van der Waals surface area contributed by atoms with Gasteiger partial charge in [-0.25, -0.2) is 9.59 Å². The molecule has 0 radical (unpaired) electrons. The van der Waals surface area contributed by atoms with Crippen LogP contribution in [0.1, 0.15) is 12.8 Å². The lowest BCUT2D eigenvalue weighted by Crippen LogP contribution is -2.31. The number of hydrogen-bond donors (Lipinski definition) is 6. The molecule has 2 unspecified atom stereocenters. The first kappa shape index (κ1) is 24.4. The smallest absolute Gasteiger partial charge is 0.373 e. The van der Waals surface area contributed by atoms with Gasteiger partial charge in [-0.1, -0.05) is 0 Å². The third kappa shape index (κ3) is 9.33. The van der Waals surface area contributed by atoms with Crippen LogP contribution in [-0.2, 0) is 38.4 Å². The number of aliphatic carboxylic acids is 6. The number of hydrogen-bond acceptors (Lipinski definition) is 8. The number of Topliss-reactive ketones (excluding diaryl/α,β-unsaturated/α-hetero) is 2. The first-order chi connectivity index (χ1) is 11.7. The van der Waals surface area contributed by atoms with Crippen LogP contribution in [0.3, 0.4) is 0 Å². The van der Waals surface area contributed by atoms with Crippen molar-refractivity contribution in [3.05, 3.63) is 0 Å². The van der Waals surface area contributed by atoms with E-state index in [2.05, 4.69) is 0 Å². The van der Waals surface area contributed by atoms with Gasteiger partial charge in [0.15, 0.2) is 0 Å². The van der Waals surface area contributed by atoms with Crippen LogP contribution in [0.15, 0.2) is 0 Å². The second kappa shape index (κ2) is 10.8. The molecule has 26 heavy (non-hydrogen) atoms. The van der Waals surface area contributed by atoms with Crippen LogP contribution < -0.4 is 0 Å². The highest BCUT2D eigenvalue weighted by Gasteiger charge is 2.34. The number of carboxylic acid groups (broad SMARTS) is 6. The fraction of sp³-hybridized carbons (Fsp3) is 0.333. The van der Waals surface area contributed by atoms with Gasteiger partial charge < -0.3 is 30.6 Å². The minimum atomic E-state index is -2.02. The lowest BCUT2D eigenvalue weighted by atomic mass is 10.0. The zero-order chi connectivity index (χ0) is 21.2. The van der Waals surface area contributed by atoms with Crippen molar-refractivity contribution in [3.8, 4) is 0 Å². The molecular formula is C12H12O14. The molecule has 0 fully saturated rings. The topological polar surface area (TPSA) is 258 Å². The number of carbonyl (C=O) groups excluding carboxylic acids is 2. The third-order valence-electron chi connectivity index (χ3n) is 2.41. The van der Waals surface area contributed by atoms with Crippen LogP contribution in [0.5, 0.6) is 0 Å². The Bertz CT molecular complexity index is 588. The van der Waals surface area contributed by atoms with Crippen LogP contribution in [0, 0.1) is 11.8 Å². The molecular weight excluding hydrogens is 368 g/mol. The van der Waals surface area contributed by atoms with Gasteiger partial charge in [-0.05, 0) is 0 Å². The predicted molar refractivity (Wildman–Crippen MR) is 72.0 cm³/mol. The maximum atomic E-state index is 10.6. The van der Waals surface area contributed by atoms with Crippen LogP contribution in [0.2, 0.25) is 0 Å². The van der Waals surface area contributed by atoms with E-state index in [1.807, 2.05) is 0 Å². The van der Waals surface area contributed by atoms with Crippen molar-refractivity contribution in [1.29, 1.82) is 0 Å². The molecule has 144 valence electrons. The Balaban J connectivity index is 0. The molecule has 0 bridgehead atoms. The fourth-order valence-electron chi connectivity index (χ4n) is 1.23. The van der Waals surface area contributed by atoms with E-state index in [9.17, 15) is 38.4 Å². The van der Waals surface area contributed by atoms with Gasteiger partial charge in [0.05, 0.1) is 12.8 Å². The maximum absolute atomic E-state index is 10.6. The number of carbonyl (C=O) groups is 8. The summed E-state index contributed by atoms with van der Waals surface area (Å²) >= 11 is 0. The molecule has 6 N–H and O–H groups in total. The highest BCUT2D eigenvalue weighted by molar-refractivity contribution is 6.37. The first-order valence-electron chi connectivity index (χ1n) is 6.15. The molecule has 0 aromatic rings. The van der Waals surface area contributed by atoms with E-state index in [4.69, 9.17) is 30.6 Å². The molecule has 0 rings (SSSR count). The van der Waals surface area contributed by atoms with Crippen molar-refractivity contribution in [1.82, 2.24) is 0 Å². The lowest BCUT2D eigenvalue weighted by Gasteiger charge is -2.03. The molecule has 0 saturated heterocycles. The van der Waals surface area contributed by atoms with Crippen molar-refractivity contribution in [2.24, 2.45) is 11.8 Å². The molecule has 0 aromatic heterocycles. The first-order valence-corrected chi connectivity index (χ1v) is 6.15. The molecule has 0 aliphatic carbocycles. The van der Waals surface area contributed by atoms with E-state index in [0.29, 0.717) is 0 Å². The van der Waals surface area contributed by atoms with Crippen molar-refractivity contribution in [2.45, 2.75) is 12.8 Å². The van der Waals surface area contributed by atoms with Crippen LogP contribution in [0.25, 0.3) is 0 Å². The average Bonchev–Trinajstić information content (AvgIpc) is 2.48. The van der Waals surface area contributed by atoms with Gasteiger partial charge in [0.2, 0.25) is 0 Å². The zero-order valence-electron chi connectivity index (χ0n) is 12.5. The Kier molecular flexibility index (Phi) is 10.2. The quantitative estimate of drug-likeness (QED) is 0.171. The minimum Gasteiger partial charge on any atom is -0.481 e. The van der Waals surface area contributed by atoms with E-state index in [1.54, 1.807) is 0 Å². The Morgan fingerprint density at radius 2 is 0.731 bits per heavy atom. The zero-order valence-corrected chi connectivity index (χ0v) is 12.5. The molecule has 0 aliphatic heterocycles. The summed E-state index contributed by atoms with van der Waals surface area (Å²) in [6.07, 6.45) is -2.05. The Hall–Kier alpha value is -3.84. The van der Waals surface area contributed by atoms with Gasteiger partial charge in [0.1, 0.15) is 11.8 Å². The summed E-state index contributed by atoms with van der Waals surface area (Å²) in [5.41, 5.74) is 0. The molecule has 0 spiro atoms. The fourth-order valence-corrected chi connectivity index (χ4v) is 1.23. The highest BCUT2D eigenvalue weighted by Crippen LogP contribution is 2.06. The van der Waals surface area contributed by atoms with Crippen molar-refractivity contribution in [3.63, 3.8) is 0 Å². The monoisotopic (exact) mass is 380 g/mol. The van der Waals surface area contributed by atoms with E-state index in [0.717, 1.165) is 0 Å². The van der Waals surface area contributed by atoms with Gasteiger partial charge in [-0.2, -0.15) is 0 Å². The van der Waals surface area contributed by atoms with Gasteiger partial charge in [0, 0.05) is 0 Å². The van der Waals surface area contributed by atoms with Crippen LogP contribution >= 0.6 is 0 Å². The Morgan fingerprint density at radius 3 is 0.846 bits per heavy atom. The lowest BCUT2D eigenvalue weighted by molar-refractivity contribution is -0.159. The number of ketones is 2. The van der Waals surface area contributed by atoms with Gasteiger partial charge in [0.25, 0.3) is 11.6 Å². The SMILES string of the molecule is O=C(O)CC(C(=O)O)C(=O)C(=O)O.O=C(O)CC(C(=O)O)C(=O)C(=O)O. The molecule has 0 aromatic carbocycles. The standard InChI is InChI=1S/2C6H6O7/c2*7-3(8)1-2(5(10)11)4(9)6(12)13/h2*2H,1H2,(H,7,8)(H,10,11)(H,12,13). The predicted octanol–water partition coefficient (Wildman–Crippen LogP) is -2.37. The van der Waals surface area contributed by atoms with E-state index in [-0.39, 0.29) is 0 Å². The van der Waals surface area contributed by atoms with Crippen LogP contribution in [0.4, 0.5) is 0 Å². The Morgan fingerprint density at radius 1 is 0.500 bits per heavy atom. The summed E-state index contributed by atoms with van der Waals surface area (Å²) in [5, 5.41) is 49.1. The second-order valence-electron chi connectivity index (χ2n) is 4.32. The average molecular weight is 380 g/mol. The normalized spacial score (nSPS) is 11.7. The van der Waals surface area contributed by atoms with Gasteiger partial charge in [-0.3, -0.25) is 28.8 Å². The highest BCUT2D eigenvalue weighted by atomic mass is 16.4. The van der Waals surface area contributed by atoms with Crippen LogP contribution in [-0.4, -0.2) is 78.0 Å². The van der Waals surface area contributed by atoms with Crippen molar-refractivity contribution < 1.29 is 69.0 Å². The molecule has 14 nitrogen and oxygen atoms in total. The van der Waals surface area contributed by atoms with Gasteiger partial charge >= 0.3 is 35.8 Å². The molecule has 0 aliphatic rings. The maximum Gasteiger partial charge on any atom is 0.373 e. The summed E-state index contributed by atoms with van der Waals surface area (Å²) in [6, 6.07) is 0. The van der Waals surface area contributed by atoms with E-state index < -0.39 is 72.1 Å². The summed E-state index contributed by atoms with van der Waals surface area (Å²) in [5.74, 6) is -17.8. The number of carboxylic acids is 6. The van der Waals surface area contributed by atoms with E-state index in [1.165, 1.54) is 0 Å². The Labute approximate surface area is 142 Å². The summed E-state index contributed by atoms with van der Waals surface area (Å²) in [6.45, 7) is 0. The number of rotatable bonds is 10. The molecule has 0 saturated carbocycles. The molecule has 0 amide bonds. The van der Waals surface area contributed by atoms with Crippen molar-refractivity contribution in [2.75, 3.05) is 0 Å². The van der Waals surface area contributed by atoms with E-state index >= 15 is 0 Å². The summed E-state index contributed by atoms with van der Waals surface area (Å²) < 4.78 is 0. The summed E-state index contributed by atoms with van der Waals surface area (Å²) in [4.78, 5) is 81.7. The molecule has 2 atom stereocenters. The van der Waals surface area contributed by atoms with Crippen molar-refractivity contribution >= 4 is 47.4 Å². The third-order valence-corrected chi connectivity index (χ3v) is 2.41. The largest absolute Gasteiger partial charge is 0.481 e. The molecule has 0 heterocycles. The second-order valence-corrected chi connectivity index (χ2v) is 4.32.